The fourth-order valence-electron chi connectivity index (χ4n) is 2.82. The smallest absolute Gasteiger partial charge is 0.233 e. The molecule has 0 radical (unpaired) electrons. The SMILES string of the molecule is CCN(CC)C(=O)C1(c2ccc(Cl)cc2Cl)CCC1. The average Bonchev–Trinajstić information content (AvgIpc) is 2.32. The van der Waals surface area contributed by atoms with Gasteiger partial charge < -0.3 is 4.90 Å². The van der Waals surface area contributed by atoms with Crippen LogP contribution in [0.2, 0.25) is 10.0 Å². The van der Waals surface area contributed by atoms with Crippen LogP contribution in [0.1, 0.15) is 38.7 Å². The predicted molar refractivity (Wildman–Crippen MR) is 79.9 cm³/mol. The molecule has 0 spiro atoms. The molecule has 1 aliphatic carbocycles. The van der Waals surface area contributed by atoms with E-state index < -0.39 is 5.41 Å². The average molecular weight is 300 g/mol. The lowest BCUT2D eigenvalue weighted by Crippen LogP contribution is -2.51. The minimum absolute atomic E-state index is 0.202. The molecule has 0 aromatic heterocycles. The number of hydrogen-bond donors (Lipinski definition) is 0. The summed E-state index contributed by atoms with van der Waals surface area (Å²) in [6.07, 6.45) is 2.83. The minimum atomic E-state index is -0.423. The van der Waals surface area contributed by atoms with Gasteiger partial charge in [-0.15, -0.1) is 0 Å². The topological polar surface area (TPSA) is 20.3 Å². The van der Waals surface area contributed by atoms with Crippen molar-refractivity contribution in [1.29, 1.82) is 0 Å². The van der Waals surface area contributed by atoms with Gasteiger partial charge in [-0.2, -0.15) is 0 Å². The Bertz CT molecular complexity index is 479. The maximum Gasteiger partial charge on any atom is 0.233 e. The van der Waals surface area contributed by atoms with Crippen molar-refractivity contribution in [1.82, 2.24) is 4.90 Å². The highest BCUT2D eigenvalue weighted by atomic mass is 35.5. The van der Waals surface area contributed by atoms with E-state index in [1.54, 1.807) is 6.07 Å². The molecule has 0 atom stereocenters. The molecule has 0 saturated heterocycles. The molecular weight excluding hydrogens is 281 g/mol. The molecule has 1 aromatic rings. The van der Waals surface area contributed by atoms with Crippen LogP contribution in [0.25, 0.3) is 0 Å². The van der Waals surface area contributed by atoms with Gasteiger partial charge in [0.05, 0.1) is 5.41 Å². The molecule has 0 unspecified atom stereocenters. The second-order valence-corrected chi connectivity index (χ2v) is 5.88. The summed E-state index contributed by atoms with van der Waals surface area (Å²) in [5.74, 6) is 0.202. The molecule has 1 fully saturated rings. The summed E-state index contributed by atoms with van der Waals surface area (Å²) in [6, 6.07) is 5.46. The molecule has 104 valence electrons. The van der Waals surface area contributed by atoms with Crippen LogP contribution in [-0.2, 0) is 10.2 Å². The van der Waals surface area contributed by atoms with Gasteiger partial charge >= 0.3 is 0 Å². The third-order valence-corrected chi connectivity index (χ3v) is 4.66. The highest BCUT2D eigenvalue weighted by Crippen LogP contribution is 2.48. The van der Waals surface area contributed by atoms with Crippen LogP contribution in [0.15, 0.2) is 18.2 Å². The zero-order valence-electron chi connectivity index (χ0n) is 11.4. The number of benzene rings is 1. The van der Waals surface area contributed by atoms with Crippen molar-refractivity contribution in [3.63, 3.8) is 0 Å². The highest BCUT2D eigenvalue weighted by molar-refractivity contribution is 6.35. The van der Waals surface area contributed by atoms with E-state index in [4.69, 9.17) is 23.2 Å². The van der Waals surface area contributed by atoms with Crippen LogP contribution in [0.4, 0.5) is 0 Å². The first-order valence-electron chi connectivity index (χ1n) is 6.80. The Morgan fingerprint density at radius 1 is 1.26 bits per heavy atom. The number of likely N-dealkylation sites (N-methyl/N-ethyl adjacent to an activating group) is 1. The summed E-state index contributed by atoms with van der Waals surface area (Å²) in [7, 11) is 0. The van der Waals surface area contributed by atoms with Crippen LogP contribution in [0, 0.1) is 0 Å². The molecule has 1 saturated carbocycles. The second-order valence-electron chi connectivity index (χ2n) is 5.04. The fraction of sp³-hybridized carbons (Fsp3) is 0.533. The lowest BCUT2D eigenvalue weighted by atomic mass is 9.63. The molecule has 2 nitrogen and oxygen atoms in total. The monoisotopic (exact) mass is 299 g/mol. The van der Waals surface area contributed by atoms with E-state index in [1.165, 1.54) is 0 Å². The molecule has 2 rings (SSSR count). The quantitative estimate of drug-likeness (QED) is 0.812. The number of nitrogens with zero attached hydrogens (tertiary/aromatic N) is 1. The Labute approximate surface area is 124 Å². The number of carbonyl (C=O) groups is 1. The van der Waals surface area contributed by atoms with Crippen molar-refractivity contribution in [2.24, 2.45) is 0 Å². The molecule has 1 amide bonds. The number of carbonyl (C=O) groups excluding carboxylic acids is 1. The maximum absolute atomic E-state index is 12.8. The van der Waals surface area contributed by atoms with Crippen molar-refractivity contribution >= 4 is 29.1 Å². The lowest BCUT2D eigenvalue weighted by Gasteiger charge is -2.44. The number of amides is 1. The molecule has 19 heavy (non-hydrogen) atoms. The van der Waals surface area contributed by atoms with E-state index in [0.717, 1.165) is 37.9 Å². The van der Waals surface area contributed by atoms with Gasteiger partial charge in [0.25, 0.3) is 0 Å². The van der Waals surface area contributed by atoms with Crippen molar-refractivity contribution < 1.29 is 4.79 Å². The second kappa shape index (κ2) is 5.72. The largest absolute Gasteiger partial charge is 0.342 e. The fourth-order valence-corrected chi connectivity index (χ4v) is 3.41. The van der Waals surface area contributed by atoms with Gasteiger partial charge in [0.1, 0.15) is 0 Å². The molecule has 0 aliphatic heterocycles. The zero-order valence-corrected chi connectivity index (χ0v) is 12.9. The van der Waals surface area contributed by atoms with Gasteiger partial charge in [-0.05, 0) is 44.4 Å². The van der Waals surface area contributed by atoms with Gasteiger partial charge in [-0.3, -0.25) is 4.79 Å². The van der Waals surface area contributed by atoms with Crippen LogP contribution in [0.3, 0.4) is 0 Å². The Morgan fingerprint density at radius 2 is 1.89 bits per heavy atom. The van der Waals surface area contributed by atoms with E-state index >= 15 is 0 Å². The first-order valence-corrected chi connectivity index (χ1v) is 7.55. The van der Waals surface area contributed by atoms with Gasteiger partial charge in [-0.25, -0.2) is 0 Å². The maximum atomic E-state index is 12.8. The Morgan fingerprint density at radius 3 is 2.32 bits per heavy atom. The normalized spacial score (nSPS) is 16.8. The molecule has 4 heteroatoms. The molecule has 0 heterocycles. The molecular formula is C15H19Cl2NO. The highest BCUT2D eigenvalue weighted by Gasteiger charge is 2.48. The molecule has 1 aromatic carbocycles. The summed E-state index contributed by atoms with van der Waals surface area (Å²) in [5.41, 5.74) is 0.509. The van der Waals surface area contributed by atoms with Crippen molar-refractivity contribution in [2.45, 2.75) is 38.5 Å². The van der Waals surface area contributed by atoms with Crippen molar-refractivity contribution in [2.75, 3.05) is 13.1 Å². The van der Waals surface area contributed by atoms with Crippen molar-refractivity contribution in [3.05, 3.63) is 33.8 Å². The van der Waals surface area contributed by atoms with E-state index in [0.29, 0.717) is 10.0 Å². The Kier molecular flexibility index (Phi) is 4.42. The van der Waals surface area contributed by atoms with E-state index in [9.17, 15) is 4.79 Å². The van der Waals surface area contributed by atoms with Crippen LogP contribution in [0.5, 0.6) is 0 Å². The van der Waals surface area contributed by atoms with Crippen LogP contribution < -0.4 is 0 Å². The summed E-state index contributed by atoms with van der Waals surface area (Å²) in [6.45, 7) is 5.50. The van der Waals surface area contributed by atoms with Gasteiger partial charge in [0.2, 0.25) is 5.91 Å². The summed E-state index contributed by atoms with van der Waals surface area (Å²) >= 11 is 12.3. The molecule has 0 bridgehead atoms. The summed E-state index contributed by atoms with van der Waals surface area (Å²) in [4.78, 5) is 14.7. The third-order valence-electron chi connectivity index (χ3n) is 4.11. The third kappa shape index (κ3) is 2.48. The Balaban J connectivity index is 2.40. The summed E-state index contributed by atoms with van der Waals surface area (Å²) < 4.78 is 0. The first kappa shape index (κ1) is 14.7. The number of halogens is 2. The molecule has 0 N–H and O–H groups in total. The lowest BCUT2D eigenvalue weighted by molar-refractivity contribution is -0.140. The Hall–Kier alpha value is -0.730. The summed E-state index contributed by atoms with van der Waals surface area (Å²) in [5, 5.41) is 1.21. The minimum Gasteiger partial charge on any atom is -0.342 e. The zero-order chi connectivity index (χ0) is 14.0. The van der Waals surface area contributed by atoms with E-state index in [2.05, 4.69) is 0 Å². The standard InChI is InChI=1S/C15H19Cl2NO/c1-3-18(4-2)14(19)15(8-5-9-15)12-7-6-11(16)10-13(12)17/h6-7,10H,3-5,8-9H2,1-2H3. The number of rotatable bonds is 4. The van der Waals surface area contributed by atoms with Gasteiger partial charge in [-0.1, -0.05) is 35.7 Å². The van der Waals surface area contributed by atoms with E-state index in [1.807, 2.05) is 30.9 Å². The van der Waals surface area contributed by atoms with E-state index in [-0.39, 0.29) is 5.91 Å². The van der Waals surface area contributed by atoms with Gasteiger partial charge in [0, 0.05) is 23.1 Å². The predicted octanol–water partition coefficient (Wildman–Crippen LogP) is 4.28. The van der Waals surface area contributed by atoms with Crippen LogP contribution in [-0.4, -0.2) is 23.9 Å². The van der Waals surface area contributed by atoms with Crippen LogP contribution >= 0.6 is 23.2 Å². The first-order chi connectivity index (χ1) is 9.05. The van der Waals surface area contributed by atoms with Crippen molar-refractivity contribution in [3.8, 4) is 0 Å². The van der Waals surface area contributed by atoms with Gasteiger partial charge in [0.15, 0.2) is 0 Å². The number of hydrogen-bond acceptors (Lipinski definition) is 1. The molecule has 1 aliphatic rings.